The minimum absolute atomic E-state index is 0.152. The molecule has 0 bridgehead atoms. The summed E-state index contributed by atoms with van der Waals surface area (Å²) in [7, 11) is 1.55. The highest BCUT2D eigenvalue weighted by atomic mass is 35.5. The van der Waals surface area contributed by atoms with Crippen molar-refractivity contribution in [1.29, 1.82) is 0 Å². The van der Waals surface area contributed by atoms with Gasteiger partial charge in [-0.3, -0.25) is 4.90 Å². The molecule has 0 saturated heterocycles. The fraction of sp³-hybridized carbons (Fsp3) is 0.217. The molecule has 0 unspecified atom stereocenters. The Morgan fingerprint density at radius 1 is 0.821 bits per heavy atom. The van der Waals surface area contributed by atoms with Gasteiger partial charge >= 0.3 is 0 Å². The maximum atomic E-state index is 10.1. The molecule has 146 valence electrons. The summed E-state index contributed by atoms with van der Waals surface area (Å²) in [4.78, 5) is 2.32. The van der Waals surface area contributed by atoms with Crippen molar-refractivity contribution in [3.05, 3.63) is 94.0 Å². The third kappa shape index (κ3) is 5.49. The first-order valence-electron chi connectivity index (χ1n) is 9.18. The first-order valence-corrected chi connectivity index (χ1v) is 9.55. The van der Waals surface area contributed by atoms with Crippen molar-refractivity contribution in [3.63, 3.8) is 0 Å². The van der Waals surface area contributed by atoms with Crippen molar-refractivity contribution in [1.82, 2.24) is 4.90 Å². The average molecular weight is 397 g/mol. The minimum atomic E-state index is 0.152. The van der Waals surface area contributed by atoms with E-state index in [-0.39, 0.29) is 5.75 Å². The Kier molecular flexibility index (Phi) is 6.93. The van der Waals surface area contributed by atoms with Crippen molar-refractivity contribution in [2.24, 2.45) is 5.73 Å². The van der Waals surface area contributed by atoms with Crippen LogP contribution in [0.4, 0.5) is 0 Å². The molecule has 0 radical (unpaired) electrons. The SMILES string of the molecule is COc1ccc(CN(Cc2ccc(Cl)cc2)Cc2ccc(CN)cc2)cc1O. The van der Waals surface area contributed by atoms with Crippen LogP contribution in [0.15, 0.2) is 66.7 Å². The van der Waals surface area contributed by atoms with Crippen LogP contribution in [-0.2, 0) is 26.2 Å². The summed E-state index contributed by atoms with van der Waals surface area (Å²) in [6, 6.07) is 21.8. The number of rotatable bonds is 8. The van der Waals surface area contributed by atoms with E-state index in [9.17, 15) is 5.11 Å². The smallest absolute Gasteiger partial charge is 0.160 e. The lowest BCUT2D eigenvalue weighted by Gasteiger charge is -2.23. The molecule has 0 aliphatic carbocycles. The van der Waals surface area contributed by atoms with Gasteiger partial charge in [-0.05, 0) is 46.5 Å². The average Bonchev–Trinajstić information content (AvgIpc) is 2.70. The number of ether oxygens (including phenoxy) is 1. The molecule has 0 fully saturated rings. The number of nitrogens with zero attached hydrogens (tertiary/aromatic N) is 1. The normalized spacial score (nSPS) is 11.0. The predicted molar refractivity (Wildman–Crippen MR) is 113 cm³/mol. The van der Waals surface area contributed by atoms with Crippen LogP contribution < -0.4 is 10.5 Å². The van der Waals surface area contributed by atoms with E-state index in [0.29, 0.717) is 18.8 Å². The van der Waals surface area contributed by atoms with Crippen molar-refractivity contribution >= 4 is 11.6 Å². The Balaban J connectivity index is 1.80. The Hall–Kier alpha value is -2.53. The molecule has 0 spiro atoms. The molecular weight excluding hydrogens is 372 g/mol. The molecule has 0 aliphatic rings. The van der Waals surface area contributed by atoms with Crippen molar-refractivity contribution in [3.8, 4) is 11.5 Å². The van der Waals surface area contributed by atoms with Crippen LogP contribution >= 0.6 is 11.6 Å². The molecule has 0 amide bonds. The summed E-state index contributed by atoms with van der Waals surface area (Å²) >= 11 is 6.02. The molecule has 4 nitrogen and oxygen atoms in total. The molecule has 3 N–H and O–H groups in total. The number of hydrogen-bond acceptors (Lipinski definition) is 4. The van der Waals surface area contributed by atoms with Gasteiger partial charge in [0.2, 0.25) is 0 Å². The highest BCUT2D eigenvalue weighted by Gasteiger charge is 2.11. The van der Waals surface area contributed by atoms with Crippen LogP contribution in [0.3, 0.4) is 0 Å². The zero-order valence-corrected chi connectivity index (χ0v) is 16.7. The predicted octanol–water partition coefficient (Wildman–Crippen LogP) is 4.72. The fourth-order valence-electron chi connectivity index (χ4n) is 3.15. The summed E-state index contributed by atoms with van der Waals surface area (Å²) in [5.74, 6) is 0.629. The number of halogens is 1. The first kappa shape index (κ1) is 20.2. The maximum absolute atomic E-state index is 10.1. The number of aromatic hydroxyl groups is 1. The lowest BCUT2D eigenvalue weighted by molar-refractivity contribution is 0.247. The van der Waals surface area contributed by atoms with E-state index in [4.69, 9.17) is 22.1 Å². The van der Waals surface area contributed by atoms with Gasteiger partial charge in [-0.1, -0.05) is 54.1 Å². The van der Waals surface area contributed by atoms with E-state index in [1.165, 1.54) is 11.1 Å². The van der Waals surface area contributed by atoms with E-state index >= 15 is 0 Å². The molecule has 0 aromatic heterocycles. The van der Waals surface area contributed by atoms with Gasteiger partial charge in [0.25, 0.3) is 0 Å². The van der Waals surface area contributed by atoms with Crippen molar-refractivity contribution in [2.75, 3.05) is 7.11 Å². The molecule has 3 rings (SSSR count). The lowest BCUT2D eigenvalue weighted by atomic mass is 10.1. The Morgan fingerprint density at radius 2 is 1.32 bits per heavy atom. The molecule has 28 heavy (non-hydrogen) atoms. The quantitative estimate of drug-likeness (QED) is 0.578. The third-order valence-corrected chi connectivity index (χ3v) is 4.89. The summed E-state index contributed by atoms with van der Waals surface area (Å²) in [6.07, 6.45) is 0. The standard InChI is InChI=1S/C23H25ClN2O2/c1-28-23-11-8-20(12-22(23)27)16-26(15-19-6-9-21(24)10-7-19)14-18-4-2-17(13-25)3-5-18/h2-12,27H,13-16,25H2,1H3. The molecule has 3 aromatic carbocycles. The van der Waals surface area contributed by atoms with Gasteiger partial charge in [0.1, 0.15) is 0 Å². The molecule has 0 heterocycles. The van der Waals surface area contributed by atoms with Crippen LogP contribution in [0.2, 0.25) is 5.02 Å². The van der Waals surface area contributed by atoms with E-state index in [0.717, 1.165) is 29.2 Å². The van der Waals surface area contributed by atoms with E-state index in [1.807, 2.05) is 30.3 Å². The Labute approximate surface area is 171 Å². The lowest BCUT2D eigenvalue weighted by Crippen LogP contribution is -2.22. The molecule has 5 heteroatoms. The van der Waals surface area contributed by atoms with E-state index < -0.39 is 0 Å². The van der Waals surface area contributed by atoms with Crippen LogP contribution in [-0.4, -0.2) is 17.1 Å². The number of benzene rings is 3. The zero-order valence-electron chi connectivity index (χ0n) is 15.9. The number of methoxy groups -OCH3 is 1. The van der Waals surface area contributed by atoms with Crippen molar-refractivity contribution in [2.45, 2.75) is 26.2 Å². The second-order valence-corrected chi connectivity index (χ2v) is 7.23. The Morgan fingerprint density at radius 3 is 1.86 bits per heavy atom. The second-order valence-electron chi connectivity index (χ2n) is 6.80. The summed E-state index contributed by atoms with van der Waals surface area (Å²) in [5.41, 5.74) is 10.2. The second kappa shape index (κ2) is 9.60. The summed E-state index contributed by atoms with van der Waals surface area (Å²) in [6.45, 7) is 2.78. The van der Waals surface area contributed by atoms with Gasteiger partial charge < -0.3 is 15.6 Å². The van der Waals surface area contributed by atoms with Crippen LogP contribution in [0.25, 0.3) is 0 Å². The van der Waals surface area contributed by atoms with E-state index in [2.05, 4.69) is 29.2 Å². The zero-order chi connectivity index (χ0) is 19.9. The number of phenols is 1. The molecule has 0 aliphatic heterocycles. The van der Waals surface area contributed by atoms with Gasteiger partial charge in [0.05, 0.1) is 7.11 Å². The topological polar surface area (TPSA) is 58.7 Å². The van der Waals surface area contributed by atoms with Gasteiger partial charge in [0.15, 0.2) is 11.5 Å². The first-order chi connectivity index (χ1) is 13.6. The van der Waals surface area contributed by atoms with Gasteiger partial charge in [-0.2, -0.15) is 0 Å². The van der Waals surface area contributed by atoms with Gasteiger partial charge in [-0.15, -0.1) is 0 Å². The highest BCUT2D eigenvalue weighted by molar-refractivity contribution is 6.30. The van der Waals surface area contributed by atoms with E-state index in [1.54, 1.807) is 19.2 Å². The summed E-state index contributed by atoms with van der Waals surface area (Å²) < 4.78 is 5.14. The Bertz CT molecular complexity index is 895. The molecular formula is C23H25ClN2O2. The number of hydrogen-bond donors (Lipinski definition) is 2. The van der Waals surface area contributed by atoms with Crippen LogP contribution in [0.1, 0.15) is 22.3 Å². The molecule has 0 saturated carbocycles. The number of phenolic OH excluding ortho intramolecular Hbond substituents is 1. The van der Waals surface area contributed by atoms with Crippen LogP contribution in [0.5, 0.6) is 11.5 Å². The highest BCUT2D eigenvalue weighted by Crippen LogP contribution is 2.27. The number of nitrogens with two attached hydrogens (primary N) is 1. The van der Waals surface area contributed by atoms with Crippen molar-refractivity contribution < 1.29 is 9.84 Å². The largest absolute Gasteiger partial charge is 0.504 e. The minimum Gasteiger partial charge on any atom is -0.504 e. The monoisotopic (exact) mass is 396 g/mol. The fourth-order valence-corrected chi connectivity index (χ4v) is 3.27. The molecule has 3 aromatic rings. The van der Waals surface area contributed by atoms with Gasteiger partial charge in [-0.25, -0.2) is 0 Å². The maximum Gasteiger partial charge on any atom is 0.160 e. The third-order valence-electron chi connectivity index (χ3n) is 4.63. The molecule has 0 atom stereocenters. The van der Waals surface area contributed by atoms with Gasteiger partial charge in [0, 0.05) is 31.2 Å². The van der Waals surface area contributed by atoms with Crippen LogP contribution in [0, 0.1) is 0 Å². The summed E-state index contributed by atoms with van der Waals surface area (Å²) in [5, 5.41) is 10.8.